The second kappa shape index (κ2) is 6.99. The van der Waals surface area contributed by atoms with Gasteiger partial charge in [0.05, 0.1) is 6.54 Å². The Kier molecular flexibility index (Phi) is 4.20. The van der Waals surface area contributed by atoms with Gasteiger partial charge < -0.3 is 19.3 Å². The van der Waals surface area contributed by atoms with E-state index < -0.39 is 0 Å². The zero-order valence-corrected chi connectivity index (χ0v) is 15.2. The summed E-state index contributed by atoms with van der Waals surface area (Å²) in [5.41, 5.74) is 3.39. The molecule has 0 spiro atoms. The lowest BCUT2D eigenvalue weighted by Gasteiger charge is -2.10. The van der Waals surface area contributed by atoms with E-state index in [0.29, 0.717) is 29.6 Å². The quantitative estimate of drug-likeness (QED) is 0.735. The molecule has 5 rings (SSSR count). The van der Waals surface area contributed by atoms with Crippen molar-refractivity contribution >= 4 is 5.91 Å². The van der Waals surface area contributed by atoms with Gasteiger partial charge in [0.25, 0.3) is 5.89 Å². The standard InChI is InChI=1S/C21H19N3O4/c25-20(10-14-6-5-13-3-1-2-4-16(13)14)22-11-19-23-21(28-24-19)15-7-8-17-18(9-15)27-12-26-17/h1-4,7-9,14H,5-6,10-12H2,(H,22,25)/t14-/m1/s1. The number of hydrogen-bond acceptors (Lipinski definition) is 6. The average Bonchev–Trinajstić information content (AvgIpc) is 3.46. The third-order valence-electron chi connectivity index (χ3n) is 5.22. The Morgan fingerprint density at radius 1 is 1.14 bits per heavy atom. The van der Waals surface area contributed by atoms with Crippen LogP contribution in [0.3, 0.4) is 0 Å². The molecule has 0 saturated heterocycles. The Bertz CT molecular complexity index is 1030. The largest absolute Gasteiger partial charge is 0.454 e. The number of nitrogens with one attached hydrogen (secondary N) is 1. The Morgan fingerprint density at radius 3 is 3.00 bits per heavy atom. The average molecular weight is 377 g/mol. The Balaban J connectivity index is 1.19. The minimum Gasteiger partial charge on any atom is -0.454 e. The number of aryl methyl sites for hydroxylation is 1. The second-order valence-corrected chi connectivity index (χ2v) is 7.00. The predicted molar refractivity (Wildman–Crippen MR) is 99.8 cm³/mol. The van der Waals surface area contributed by atoms with Gasteiger partial charge in [-0.1, -0.05) is 29.4 Å². The first-order valence-electron chi connectivity index (χ1n) is 9.33. The maximum atomic E-state index is 12.4. The maximum Gasteiger partial charge on any atom is 0.258 e. The fourth-order valence-corrected chi connectivity index (χ4v) is 3.80. The lowest BCUT2D eigenvalue weighted by atomic mass is 9.97. The molecule has 1 aliphatic carbocycles. The van der Waals surface area contributed by atoms with E-state index in [-0.39, 0.29) is 25.2 Å². The van der Waals surface area contributed by atoms with Crippen LogP contribution in [0.2, 0.25) is 0 Å². The van der Waals surface area contributed by atoms with Crippen molar-refractivity contribution in [1.29, 1.82) is 0 Å². The van der Waals surface area contributed by atoms with E-state index in [4.69, 9.17) is 14.0 Å². The third-order valence-corrected chi connectivity index (χ3v) is 5.22. The summed E-state index contributed by atoms with van der Waals surface area (Å²) in [5, 5.41) is 6.85. The summed E-state index contributed by atoms with van der Waals surface area (Å²) < 4.78 is 16.0. The van der Waals surface area contributed by atoms with Crippen LogP contribution in [0.25, 0.3) is 11.5 Å². The van der Waals surface area contributed by atoms with Crippen LogP contribution in [0.15, 0.2) is 47.0 Å². The van der Waals surface area contributed by atoms with E-state index in [1.54, 1.807) is 6.07 Å². The summed E-state index contributed by atoms with van der Waals surface area (Å²) in [6.45, 7) is 0.451. The van der Waals surface area contributed by atoms with Gasteiger partial charge in [-0.25, -0.2) is 0 Å². The summed E-state index contributed by atoms with van der Waals surface area (Å²) in [7, 11) is 0. The summed E-state index contributed by atoms with van der Waals surface area (Å²) >= 11 is 0. The first kappa shape index (κ1) is 16.8. The van der Waals surface area contributed by atoms with Gasteiger partial charge in [0.1, 0.15) is 0 Å². The van der Waals surface area contributed by atoms with Crippen LogP contribution >= 0.6 is 0 Å². The fourth-order valence-electron chi connectivity index (χ4n) is 3.80. The molecule has 0 bridgehead atoms. The molecule has 1 atom stereocenters. The van der Waals surface area contributed by atoms with Crippen molar-refractivity contribution in [3.05, 3.63) is 59.4 Å². The molecule has 28 heavy (non-hydrogen) atoms. The molecule has 2 heterocycles. The van der Waals surface area contributed by atoms with Crippen molar-refractivity contribution in [2.75, 3.05) is 6.79 Å². The molecular formula is C21H19N3O4. The van der Waals surface area contributed by atoms with Crippen molar-refractivity contribution in [2.45, 2.75) is 31.7 Å². The molecule has 1 aromatic heterocycles. The number of nitrogens with zero attached hydrogens (tertiary/aromatic N) is 2. The van der Waals surface area contributed by atoms with E-state index in [2.05, 4.69) is 33.7 Å². The zero-order valence-electron chi connectivity index (χ0n) is 15.2. The van der Waals surface area contributed by atoms with Crippen molar-refractivity contribution in [3.8, 4) is 23.0 Å². The number of carbonyl (C=O) groups excluding carboxylic acids is 1. The van der Waals surface area contributed by atoms with Crippen LogP contribution in [0, 0.1) is 0 Å². The minimum absolute atomic E-state index is 0.00358. The van der Waals surface area contributed by atoms with Gasteiger partial charge in [0.2, 0.25) is 12.7 Å². The first-order valence-corrected chi connectivity index (χ1v) is 9.33. The summed E-state index contributed by atoms with van der Waals surface area (Å²) in [6, 6.07) is 13.8. The topological polar surface area (TPSA) is 86.5 Å². The normalized spacial score (nSPS) is 16.8. The maximum absolute atomic E-state index is 12.4. The van der Waals surface area contributed by atoms with E-state index in [9.17, 15) is 4.79 Å². The van der Waals surface area contributed by atoms with Crippen LogP contribution in [-0.2, 0) is 17.8 Å². The van der Waals surface area contributed by atoms with Crippen LogP contribution < -0.4 is 14.8 Å². The highest BCUT2D eigenvalue weighted by Crippen LogP contribution is 2.36. The molecule has 7 heteroatoms. The molecule has 1 aliphatic heterocycles. The Labute approximate surface area is 161 Å². The summed E-state index contributed by atoms with van der Waals surface area (Å²) in [5.74, 6) is 2.45. The molecular weight excluding hydrogens is 358 g/mol. The van der Waals surface area contributed by atoms with Crippen molar-refractivity contribution in [2.24, 2.45) is 0 Å². The predicted octanol–water partition coefficient (Wildman–Crippen LogP) is 3.20. The van der Waals surface area contributed by atoms with E-state index in [1.165, 1.54) is 11.1 Å². The Morgan fingerprint density at radius 2 is 2.04 bits per heavy atom. The number of carbonyl (C=O) groups is 1. The molecule has 0 radical (unpaired) electrons. The second-order valence-electron chi connectivity index (χ2n) is 7.00. The van der Waals surface area contributed by atoms with E-state index in [0.717, 1.165) is 18.4 Å². The lowest BCUT2D eigenvalue weighted by Crippen LogP contribution is -2.24. The third kappa shape index (κ3) is 3.19. The molecule has 3 aromatic rings. The molecule has 2 aliphatic rings. The van der Waals surface area contributed by atoms with Crippen molar-refractivity contribution < 1.29 is 18.8 Å². The summed E-state index contributed by atoms with van der Waals surface area (Å²) in [4.78, 5) is 16.7. The number of rotatable bonds is 5. The molecule has 2 aromatic carbocycles. The van der Waals surface area contributed by atoms with E-state index >= 15 is 0 Å². The lowest BCUT2D eigenvalue weighted by molar-refractivity contribution is -0.121. The van der Waals surface area contributed by atoms with Gasteiger partial charge in [-0.2, -0.15) is 4.98 Å². The number of hydrogen-bond donors (Lipinski definition) is 1. The summed E-state index contributed by atoms with van der Waals surface area (Å²) in [6.07, 6.45) is 2.53. The van der Waals surface area contributed by atoms with Gasteiger partial charge in [0.15, 0.2) is 17.3 Å². The molecule has 1 amide bonds. The first-order chi connectivity index (χ1) is 13.8. The number of benzene rings is 2. The van der Waals surface area contributed by atoms with Gasteiger partial charge in [-0.15, -0.1) is 0 Å². The fraction of sp³-hybridized carbons (Fsp3) is 0.286. The van der Waals surface area contributed by atoms with Gasteiger partial charge >= 0.3 is 0 Å². The molecule has 0 saturated carbocycles. The molecule has 7 nitrogen and oxygen atoms in total. The SMILES string of the molecule is O=C(C[C@H]1CCc2ccccc21)NCc1noc(-c2ccc3c(c2)OCO3)n1. The van der Waals surface area contributed by atoms with E-state index in [1.807, 2.05) is 18.2 Å². The number of amides is 1. The van der Waals surface area contributed by atoms with Crippen molar-refractivity contribution in [1.82, 2.24) is 15.5 Å². The van der Waals surface area contributed by atoms with Gasteiger partial charge in [-0.3, -0.25) is 4.79 Å². The van der Waals surface area contributed by atoms with Crippen LogP contribution in [-0.4, -0.2) is 22.8 Å². The number of ether oxygens (including phenoxy) is 2. The Hall–Kier alpha value is -3.35. The van der Waals surface area contributed by atoms with Gasteiger partial charge in [0, 0.05) is 12.0 Å². The molecule has 0 unspecified atom stereocenters. The van der Waals surface area contributed by atoms with Crippen LogP contribution in [0.1, 0.15) is 35.7 Å². The van der Waals surface area contributed by atoms with Gasteiger partial charge in [-0.05, 0) is 48.1 Å². The highest BCUT2D eigenvalue weighted by molar-refractivity contribution is 5.77. The van der Waals surface area contributed by atoms with Crippen LogP contribution in [0.5, 0.6) is 11.5 Å². The molecule has 142 valence electrons. The highest BCUT2D eigenvalue weighted by atomic mass is 16.7. The smallest absolute Gasteiger partial charge is 0.258 e. The molecule has 0 fully saturated rings. The number of fused-ring (bicyclic) bond motifs is 2. The molecule has 1 N–H and O–H groups in total. The monoisotopic (exact) mass is 377 g/mol. The minimum atomic E-state index is -0.00358. The highest BCUT2D eigenvalue weighted by Gasteiger charge is 2.24. The zero-order chi connectivity index (χ0) is 18.9. The van der Waals surface area contributed by atoms with Crippen molar-refractivity contribution in [3.63, 3.8) is 0 Å². The van der Waals surface area contributed by atoms with Crippen LogP contribution in [0.4, 0.5) is 0 Å². The number of aromatic nitrogens is 2.